The maximum atomic E-state index is 12.1. The molecule has 3 rings (SSSR count). The van der Waals surface area contributed by atoms with E-state index in [0.717, 1.165) is 29.6 Å². The maximum absolute atomic E-state index is 12.1. The number of carbonyl (C=O) groups excluding carboxylic acids is 1. The maximum Gasteiger partial charge on any atom is 0.286 e. The number of methoxy groups -OCH3 is 1. The lowest BCUT2D eigenvalue weighted by Crippen LogP contribution is -2.33. The molecule has 21 heavy (non-hydrogen) atoms. The summed E-state index contributed by atoms with van der Waals surface area (Å²) in [5, 5.41) is 0.855. The normalized spacial score (nSPS) is 20.8. The largest absolute Gasteiger partial charge is 0.497 e. The van der Waals surface area contributed by atoms with Crippen LogP contribution < -0.4 is 4.74 Å². The smallest absolute Gasteiger partial charge is 0.286 e. The summed E-state index contributed by atoms with van der Waals surface area (Å²) >= 11 is 1.48. The summed E-state index contributed by atoms with van der Waals surface area (Å²) in [5.41, 5.74) is 0.959. The molecule has 110 valence electrons. The predicted molar refractivity (Wildman–Crippen MR) is 86.4 cm³/mol. The number of hydrogen-bond acceptors (Lipinski definition) is 4. The van der Waals surface area contributed by atoms with Gasteiger partial charge in [-0.3, -0.25) is 4.79 Å². The first-order valence-corrected chi connectivity index (χ1v) is 7.99. The van der Waals surface area contributed by atoms with E-state index in [4.69, 9.17) is 4.74 Å². The average Bonchev–Trinajstić information content (AvgIpc) is 2.89. The lowest BCUT2D eigenvalue weighted by atomic mass is 10.1. The highest BCUT2D eigenvalue weighted by Crippen LogP contribution is 2.31. The second-order valence-electron chi connectivity index (χ2n) is 5.13. The second kappa shape index (κ2) is 6.35. The van der Waals surface area contributed by atoms with Crippen molar-refractivity contribution in [2.24, 2.45) is 4.99 Å². The molecule has 2 aliphatic rings. The predicted octanol–water partition coefficient (Wildman–Crippen LogP) is 3.15. The van der Waals surface area contributed by atoms with E-state index < -0.39 is 0 Å². The van der Waals surface area contributed by atoms with E-state index in [1.807, 2.05) is 30.3 Å². The fourth-order valence-corrected chi connectivity index (χ4v) is 3.47. The van der Waals surface area contributed by atoms with E-state index >= 15 is 0 Å². The topological polar surface area (TPSA) is 41.9 Å². The average molecular weight is 302 g/mol. The first-order chi connectivity index (χ1) is 10.3. The highest BCUT2D eigenvalue weighted by atomic mass is 32.2. The molecule has 0 aliphatic carbocycles. The second-order valence-corrected chi connectivity index (χ2v) is 6.14. The molecule has 1 fully saturated rings. The third-order valence-electron chi connectivity index (χ3n) is 3.63. The first-order valence-electron chi connectivity index (χ1n) is 7.18. The molecule has 1 aromatic carbocycles. The molecule has 0 unspecified atom stereocenters. The third-order valence-corrected chi connectivity index (χ3v) is 4.67. The van der Waals surface area contributed by atoms with Gasteiger partial charge in [-0.1, -0.05) is 12.1 Å². The molecule has 0 saturated carbocycles. The summed E-state index contributed by atoms with van der Waals surface area (Å²) < 4.78 is 5.20. The molecule has 0 radical (unpaired) electrons. The minimum Gasteiger partial charge on any atom is -0.497 e. The standard InChI is InChI=1S/C16H18N2O2S/c1-20-13-7-5-6-12(10-13)11-14-15(19)17-16(21-14)18-8-3-2-4-9-18/h5-7,10-11H,2-4,8-9H2,1H3/b14-11+. The van der Waals surface area contributed by atoms with Crippen LogP contribution in [0, 0.1) is 0 Å². The molecule has 4 nitrogen and oxygen atoms in total. The summed E-state index contributed by atoms with van der Waals surface area (Å²) in [6.07, 6.45) is 5.52. The molecular formula is C16H18N2O2S. The Morgan fingerprint density at radius 2 is 2.10 bits per heavy atom. The van der Waals surface area contributed by atoms with Crippen LogP contribution in [0.1, 0.15) is 24.8 Å². The number of piperidine rings is 1. The van der Waals surface area contributed by atoms with Crippen molar-refractivity contribution in [3.05, 3.63) is 34.7 Å². The lowest BCUT2D eigenvalue weighted by molar-refractivity contribution is -0.113. The van der Waals surface area contributed by atoms with E-state index in [1.165, 1.54) is 31.0 Å². The highest BCUT2D eigenvalue weighted by Gasteiger charge is 2.26. The van der Waals surface area contributed by atoms with Crippen LogP contribution in [0.15, 0.2) is 34.2 Å². The van der Waals surface area contributed by atoms with Crippen LogP contribution in [0.3, 0.4) is 0 Å². The number of aliphatic imine (C=N–C) groups is 1. The number of amides is 1. The van der Waals surface area contributed by atoms with Gasteiger partial charge < -0.3 is 9.64 Å². The van der Waals surface area contributed by atoms with E-state index in [-0.39, 0.29) is 5.91 Å². The molecule has 0 spiro atoms. The van der Waals surface area contributed by atoms with E-state index in [2.05, 4.69) is 9.89 Å². The van der Waals surface area contributed by atoms with Crippen LogP contribution in [0.25, 0.3) is 6.08 Å². The lowest BCUT2D eigenvalue weighted by Gasteiger charge is -2.27. The fourth-order valence-electron chi connectivity index (χ4n) is 2.50. The van der Waals surface area contributed by atoms with Crippen LogP contribution in [0.4, 0.5) is 0 Å². The number of thioether (sulfide) groups is 1. The van der Waals surface area contributed by atoms with E-state index in [1.54, 1.807) is 7.11 Å². The van der Waals surface area contributed by atoms with Gasteiger partial charge in [-0.05, 0) is 54.8 Å². The van der Waals surface area contributed by atoms with Crippen LogP contribution >= 0.6 is 11.8 Å². The molecule has 1 amide bonds. The number of carbonyl (C=O) groups is 1. The Morgan fingerprint density at radius 1 is 1.29 bits per heavy atom. The Hall–Kier alpha value is -1.75. The van der Waals surface area contributed by atoms with Crippen molar-refractivity contribution in [3.8, 4) is 5.75 Å². The zero-order chi connectivity index (χ0) is 14.7. The van der Waals surface area contributed by atoms with Crippen LogP contribution in [0.2, 0.25) is 0 Å². The monoisotopic (exact) mass is 302 g/mol. The van der Waals surface area contributed by atoms with Gasteiger partial charge in [0.1, 0.15) is 5.75 Å². The van der Waals surface area contributed by atoms with Gasteiger partial charge in [-0.15, -0.1) is 0 Å². The number of benzene rings is 1. The van der Waals surface area contributed by atoms with Gasteiger partial charge in [-0.2, -0.15) is 4.99 Å². The highest BCUT2D eigenvalue weighted by molar-refractivity contribution is 8.18. The van der Waals surface area contributed by atoms with Crippen molar-refractivity contribution < 1.29 is 9.53 Å². The Morgan fingerprint density at radius 3 is 2.86 bits per heavy atom. The van der Waals surface area contributed by atoms with Gasteiger partial charge in [0.25, 0.3) is 5.91 Å². The molecule has 0 N–H and O–H groups in total. The quantitative estimate of drug-likeness (QED) is 0.787. The summed E-state index contributed by atoms with van der Waals surface area (Å²) in [6, 6.07) is 7.69. The van der Waals surface area contributed by atoms with Crippen molar-refractivity contribution in [2.45, 2.75) is 19.3 Å². The minimum atomic E-state index is -0.136. The zero-order valence-electron chi connectivity index (χ0n) is 12.0. The summed E-state index contributed by atoms with van der Waals surface area (Å²) in [4.78, 5) is 19.2. The van der Waals surface area contributed by atoms with Gasteiger partial charge in [0, 0.05) is 13.1 Å². The van der Waals surface area contributed by atoms with Crippen LogP contribution in [0.5, 0.6) is 5.75 Å². The molecule has 1 saturated heterocycles. The number of likely N-dealkylation sites (tertiary alicyclic amines) is 1. The van der Waals surface area contributed by atoms with Crippen LogP contribution in [-0.2, 0) is 4.79 Å². The van der Waals surface area contributed by atoms with Gasteiger partial charge in [0.2, 0.25) is 0 Å². The molecule has 5 heteroatoms. The van der Waals surface area contributed by atoms with Crippen molar-refractivity contribution in [2.75, 3.05) is 20.2 Å². The van der Waals surface area contributed by atoms with Gasteiger partial charge >= 0.3 is 0 Å². The summed E-state index contributed by atoms with van der Waals surface area (Å²) in [7, 11) is 1.64. The minimum absolute atomic E-state index is 0.136. The van der Waals surface area contributed by atoms with E-state index in [9.17, 15) is 4.79 Å². The zero-order valence-corrected chi connectivity index (χ0v) is 12.9. The molecule has 2 heterocycles. The van der Waals surface area contributed by atoms with Crippen LogP contribution in [-0.4, -0.2) is 36.2 Å². The first kappa shape index (κ1) is 14.2. The van der Waals surface area contributed by atoms with Crippen molar-refractivity contribution in [1.29, 1.82) is 0 Å². The molecule has 2 aliphatic heterocycles. The molecule has 0 aromatic heterocycles. The van der Waals surface area contributed by atoms with Crippen molar-refractivity contribution >= 4 is 28.9 Å². The molecule has 0 atom stereocenters. The molecule has 1 aromatic rings. The summed E-state index contributed by atoms with van der Waals surface area (Å²) in [5.74, 6) is 0.653. The van der Waals surface area contributed by atoms with Gasteiger partial charge in [0.05, 0.1) is 12.0 Å². The number of nitrogens with zero attached hydrogens (tertiary/aromatic N) is 2. The Labute approximate surface area is 128 Å². The Bertz CT molecular complexity index is 604. The number of hydrogen-bond donors (Lipinski definition) is 0. The molecule has 0 bridgehead atoms. The fraction of sp³-hybridized carbons (Fsp3) is 0.375. The van der Waals surface area contributed by atoms with Crippen molar-refractivity contribution in [3.63, 3.8) is 0 Å². The SMILES string of the molecule is COc1cccc(/C=C2/SC(N3CCCCC3)=NC2=O)c1. The molecular weight excluding hydrogens is 284 g/mol. The van der Waals surface area contributed by atoms with Gasteiger partial charge in [-0.25, -0.2) is 0 Å². The Kier molecular flexibility index (Phi) is 4.29. The Balaban J connectivity index is 1.75. The number of rotatable bonds is 2. The summed E-state index contributed by atoms with van der Waals surface area (Å²) in [6.45, 7) is 2.01. The number of amidine groups is 1. The van der Waals surface area contributed by atoms with E-state index in [0.29, 0.717) is 4.91 Å². The van der Waals surface area contributed by atoms with Gasteiger partial charge in [0.15, 0.2) is 5.17 Å². The number of ether oxygens (including phenoxy) is 1. The van der Waals surface area contributed by atoms with Crippen molar-refractivity contribution in [1.82, 2.24) is 4.90 Å². The third kappa shape index (κ3) is 3.29.